The standard InChI is InChI=1S/Ni.12O.4Ti.W/q+2;;;;;8*-1;;;;;. The summed E-state index contributed by atoms with van der Waals surface area (Å²) in [6.07, 6.45) is 0. The Morgan fingerprint density at radius 1 is 0.444 bits per heavy atom. The minimum Gasteiger partial charge on any atom is 0 e. The Morgan fingerprint density at radius 3 is 0.444 bits per heavy atom. The summed E-state index contributed by atoms with van der Waals surface area (Å²) in [6, 6.07) is 0. The van der Waals surface area contributed by atoms with E-state index in [0.29, 0.717) is 0 Å². The molecule has 0 saturated heterocycles. The Labute approximate surface area is 152 Å². The van der Waals surface area contributed by atoms with Crippen molar-refractivity contribution in [1.82, 2.24) is 0 Å². The van der Waals surface area contributed by atoms with Crippen LogP contribution < -0.4 is 29.5 Å². The van der Waals surface area contributed by atoms with Gasteiger partial charge >= 0.3 is 134 Å². The second-order valence-electron chi connectivity index (χ2n) is 1.00. The SMILES string of the molecule is [Ni+2].[O]=[Ti]([O-])[O-].[O]=[Ti]([O-])[O-].[O]=[Ti]([O-])[O-].[O]=[Ti]([O-])[O-].[W]. The van der Waals surface area contributed by atoms with Gasteiger partial charge in [0.1, 0.15) is 0 Å². The minimum absolute atomic E-state index is 0. The molecular weight excluding hydrogens is 626 g/mol. The van der Waals surface area contributed by atoms with Crippen LogP contribution in [0.25, 0.3) is 0 Å². The molecule has 0 amide bonds. The van der Waals surface area contributed by atoms with Crippen LogP contribution in [0.1, 0.15) is 0 Å². The first-order valence-corrected chi connectivity index (χ1v) is 10.1. The van der Waals surface area contributed by atoms with Crippen LogP contribution in [-0.2, 0) is 125 Å². The Morgan fingerprint density at radius 2 is 0.444 bits per heavy atom. The predicted octanol–water partition coefficient (Wildman–Crippen LogP) is -10.0. The molecule has 0 rings (SSSR count). The van der Waals surface area contributed by atoms with Gasteiger partial charge in [-0.05, 0) is 0 Å². The van der Waals surface area contributed by atoms with Gasteiger partial charge in [0.05, 0.1) is 0 Å². The Bertz CT molecular complexity index is 164. The van der Waals surface area contributed by atoms with Gasteiger partial charge in [0, 0.05) is 21.1 Å². The molecule has 0 atom stereocenters. The molecule has 18 heteroatoms. The molecule has 0 N–H and O–H groups in total. The zero-order chi connectivity index (χ0) is 14.3. The van der Waals surface area contributed by atoms with E-state index in [4.69, 9.17) is 42.8 Å². The number of rotatable bonds is 0. The molecular formula is NiO12Ti4W-6. The summed E-state index contributed by atoms with van der Waals surface area (Å²) >= 11 is -16.3. The number of hydrogen-bond donors (Lipinski definition) is 0. The van der Waals surface area contributed by atoms with E-state index in [1.165, 1.54) is 0 Å². The van der Waals surface area contributed by atoms with Crippen molar-refractivity contribution < 1.29 is 155 Å². The first kappa shape index (κ1) is 37.3. The molecule has 0 heterocycles. The van der Waals surface area contributed by atoms with Crippen LogP contribution in [0, 0.1) is 0 Å². The smallest absolute Gasteiger partial charge is 0 e. The summed E-state index contributed by atoms with van der Waals surface area (Å²) in [4.78, 5) is 0. The molecule has 0 aliphatic carbocycles. The molecule has 0 aliphatic heterocycles. The maximum absolute atomic E-state index is 8.58. The molecule has 0 fully saturated rings. The summed E-state index contributed by atoms with van der Waals surface area (Å²) in [5.74, 6) is 0. The van der Waals surface area contributed by atoms with Gasteiger partial charge in [0.2, 0.25) is 0 Å². The summed E-state index contributed by atoms with van der Waals surface area (Å²) in [6.45, 7) is 0. The largest absolute Gasteiger partial charge is 0 e. The second kappa shape index (κ2) is 32.0. The minimum atomic E-state index is -4.08. The van der Waals surface area contributed by atoms with Crippen molar-refractivity contribution in [2.75, 3.05) is 0 Å². The molecule has 110 valence electrons. The van der Waals surface area contributed by atoms with E-state index in [2.05, 4.69) is 0 Å². The van der Waals surface area contributed by atoms with E-state index < -0.39 is 74.5 Å². The molecule has 0 aliphatic rings. The zero-order valence-corrected chi connectivity index (χ0v) is 17.8. The Balaban J connectivity index is -0.0000000257. The maximum Gasteiger partial charge on any atom is 0 e. The molecule has 0 saturated carbocycles. The van der Waals surface area contributed by atoms with E-state index in [9.17, 15) is 0 Å². The van der Waals surface area contributed by atoms with Crippen molar-refractivity contribution >= 4 is 0 Å². The topological polar surface area (TPSA) is 253 Å². The van der Waals surface area contributed by atoms with Gasteiger partial charge in [-0.1, -0.05) is 0 Å². The fourth-order valence-corrected chi connectivity index (χ4v) is 0. The van der Waals surface area contributed by atoms with Gasteiger partial charge in [0.15, 0.2) is 0 Å². The Kier molecular flexibility index (Phi) is 66.4. The summed E-state index contributed by atoms with van der Waals surface area (Å²) < 4.78 is 103. The van der Waals surface area contributed by atoms with E-state index in [0.717, 1.165) is 0 Å². The van der Waals surface area contributed by atoms with Crippen LogP contribution in [0.3, 0.4) is 0 Å². The van der Waals surface area contributed by atoms with Crippen molar-refractivity contribution in [2.45, 2.75) is 0 Å². The summed E-state index contributed by atoms with van der Waals surface area (Å²) in [5.41, 5.74) is 0. The molecule has 18 heavy (non-hydrogen) atoms. The zero-order valence-electron chi connectivity index (χ0n) is 7.62. The van der Waals surface area contributed by atoms with Gasteiger partial charge in [-0.3, -0.25) is 0 Å². The van der Waals surface area contributed by atoms with Gasteiger partial charge in [-0.15, -0.1) is 0 Å². The van der Waals surface area contributed by atoms with Crippen molar-refractivity contribution in [3.63, 3.8) is 0 Å². The van der Waals surface area contributed by atoms with E-state index in [1.54, 1.807) is 0 Å². The average Bonchev–Trinajstić information content (AvgIpc) is 1.76. The monoisotopic (exact) mass is 626 g/mol. The van der Waals surface area contributed by atoms with Crippen molar-refractivity contribution in [2.24, 2.45) is 0 Å². The second-order valence-corrected chi connectivity index (χ2v) is 4.12. The third-order valence-corrected chi connectivity index (χ3v) is 0. The summed E-state index contributed by atoms with van der Waals surface area (Å²) in [7, 11) is 0. The van der Waals surface area contributed by atoms with Crippen LogP contribution >= 0.6 is 0 Å². The molecule has 12 nitrogen and oxygen atoms in total. The molecule has 0 spiro atoms. The van der Waals surface area contributed by atoms with Gasteiger partial charge in [0.25, 0.3) is 0 Å². The van der Waals surface area contributed by atoms with Crippen LogP contribution in [0.15, 0.2) is 0 Å². The van der Waals surface area contributed by atoms with Crippen LogP contribution in [0.2, 0.25) is 0 Å². The molecule has 0 radical (unpaired) electrons. The third-order valence-electron chi connectivity index (χ3n) is 0. The van der Waals surface area contributed by atoms with E-state index >= 15 is 0 Å². The van der Waals surface area contributed by atoms with Crippen LogP contribution in [-0.4, -0.2) is 0 Å². The van der Waals surface area contributed by atoms with Crippen LogP contribution in [0.5, 0.6) is 0 Å². The third kappa shape index (κ3) is 713. The molecule has 0 aromatic heterocycles. The van der Waals surface area contributed by atoms with Crippen molar-refractivity contribution in [3.05, 3.63) is 0 Å². The average molecular weight is 626 g/mol. The summed E-state index contributed by atoms with van der Waals surface area (Å²) in [5, 5.41) is 0. The molecule has 0 bridgehead atoms. The van der Waals surface area contributed by atoms with E-state index in [1.807, 2.05) is 0 Å². The van der Waals surface area contributed by atoms with Gasteiger partial charge < -0.3 is 0 Å². The van der Waals surface area contributed by atoms with Crippen LogP contribution in [0.4, 0.5) is 0 Å². The normalized spacial score (nSPS) is 5.78. The quantitative estimate of drug-likeness (QED) is 0.227. The van der Waals surface area contributed by atoms with Gasteiger partial charge in [-0.2, -0.15) is 0 Å². The first-order valence-electron chi connectivity index (χ1n) is 2.45. The van der Waals surface area contributed by atoms with Gasteiger partial charge in [-0.25, -0.2) is 0 Å². The molecule has 0 aromatic carbocycles. The van der Waals surface area contributed by atoms with Crippen molar-refractivity contribution in [1.29, 1.82) is 0 Å². The fraction of sp³-hybridized carbons (Fsp3) is 0. The first-order chi connectivity index (χ1) is 6.93. The van der Waals surface area contributed by atoms with E-state index in [-0.39, 0.29) is 37.6 Å². The van der Waals surface area contributed by atoms with Crippen molar-refractivity contribution in [3.8, 4) is 0 Å². The molecule has 0 unspecified atom stereocenters. The number of hydrogen-bond acceptors (Lipinski definition) is 12. The molecule has 0 aromatic rings. The fourth-order valence-electron chi connectivity index (χ4n) is 0. The Hall–Kier alpha value is 2.92. The predicted molar refractivity (Wildman–Crippen MR) is 2.75 cm³/mol. The maximum atomic E-state index is 8.58.